The Balaban J connectivity index is 1.97. The summed E-state index contributed by atoms with van der Waals surface area (Å²) < 4.78 is 0. The molecule has 10 heavy (non-hydrogen) atoms. The van der Waals surface area contributed by atoms with Gasteiger partial charge >= 0.3 is 0 Å². The maximum Gasteiger partial charge on any atom is 0.0188 e. The summed E-state index contributed by atoms with van der Waals surface area (Å²) in [5.41, 5.74) is 0.580. The van der Waals surface area contributed by atoms with Gasteiger partial charge in [0.15, 0.2) is 0 Å². The molecule has 0 aromatic rings. The predicted molar refractivity (Wildman–Crippen MR) is 42.9 cm³/mol. The van der Waals surface area contributed by atoms with Crippen molar-refractivity contribution in [2.45, 2.75) is 31.2 Å². The molecule has 1 aliphatic heterocycles. The molecule has 1 spiro atoms. The minimum atomic E-state index is 0.580. The first-order chi connectivity index (χ1) is 4.85. The van der Waals surface area contributed by atoms with Crippen LogP contribution in [0.2, 0.25) is 0 Å². The van der Waals surface area contributed by atoms with Crippen molar-refractivity contribution in [2.24, 2.45) is 5.92 Å². The zero-order valence-corrected chi connectivity index (χ0v) is 6.40. The summed E-state index contributed by atoms with van der Waals surface area (Å²) in [6, 6.07) is 0. The van der Waals surface area contributed by atoms with E-state index in [-0.39, 0.29) is 0 Å². The maximum atomic E-state index is 3.85. The number of hydrogen-bond donors (Lipinski definition) is 1. The number of rotatable bonds is 1. The first-order valence-corrected chi connectivity index (χ1v) is 4.22. The van der Waals surface area contributed by atoms with Gasteiger partial charge in [0.05, 0.1) is 0 Å². The van der Waals surface area contributed by atoms with E-state index in [9.17, 15) is 0 Å². The topological polar surface area (TPSA) is 12.0 Å². The van der Waals surface area contributed by atoms with Gasteiger partial charge in [-0.3, -0.25) is 0 Å². The van der Waals surface area contributed by atoms with Crippen LogP contribution in [0.15, 0.2) is 12.7 Å². The molecule has 0 amide bonds. The highest BCUT2D eigenvalue weighted by Crippen LogP contribution is 2.43. The number of allylic oxidation sites excluding steroid dienone is 1. The minimum Gasteiger partial charge on any atom is -0.311 e. The number of hydrogen-bond acceptors (Lipinski definition) is 1. The lowest BCUT2D eigenvalue weighted by molar-refractivity contribution is 0.328. The van der Waals surface area contributed by atoms with Crippen molar-refractivity contribution >= 4 is 0 Å². The van der Waals surface area contributed by atoms with Crippen LogP contribution in [-0.4, -0.2) is 12.1 Å². The molecule has 1 atom stereocenters. The standard InChI is InChI=1S/C9H15N/c1-2-8-3-6-10-9(7-8)4-5-9/h2,8,10H,1,3-7H2. The van der Waals surface area contributed by atoms with Crippen LogP contribution in [0, 0.1) is 5.92 Å². The van der Waals surface area contributed by atoms with Crippen LogP contribution in [-0.2, 0) is 0 Å². The lowest BCUT2D eigenvalue weighted by Gasteiger charge is -2.28. The molecule has 1 heteroatoms. The van der Waals surface area contributed by atoms with E-state index < -0.39 is 0 Å². The molecule has 1 nitrogen and oxygen atoms in total. The molecule has 2 rings (SSSR count). The van der Waals surface area contributed by atoms with E-state index in [2.05, 4.69) is 18.0 Å². The quantitative estimate of drug-likeness (QED) is 0.542. The number of nitrogens with one attached hydrogen (secondary N) is 1. The van der Waals surface area contributed by atoms with Gasteiger partial charge in [-0.25, -0.2) is 0 Å². The van der Waals surface area contributed by atoms with Gasteiger partial charge in [0, 0.05) is 5.54 Å². The molecule has 1 N–H and O–H groups in total. The lowest BCUT2D eigenvalue weighted by Crippen LogP contribution is -2.39. The van der Waals surface area contributed by atoms with E-state index in [1.54, 1.807) is 0 Å². The molecular formula is C9H15N. The van der Waals surface area contributed by atoms with Crippen molar-refractivity contribution in [3.63, 3.8) is 0 Å². The zero-order chi connectivity index (χ0) is 7.03. The maximum absolute atomic E-state index is 3.85. The Hall–Kier alpha value is -0.300. The Morgan fingerprint density at radius 1 is 1.50 bits per heavy atom. The third-order valence-electron chi connectivity index (χ3n) is 2.85. The summed E-state index contributed by atoms with van der Waals surface area (Å²) in [4.78, 5) is 0. The van der Waals surface area contributed by atoms with Crippen LogP contribution < -0.4 is 5.32 Å². The van der Waals surface area contributed by atoms with E-state index >= 15 is 0 Å². The van der Waals surface area contributed by atoms with Crippen LogP contribution >= 0.6 is 0 Å². The van der Waals surface area contributed by atoms with Crippen molar-refractivity contribution in [2.75, 3.05) is 6.54 Å². The van der Waals surface area contributed by atoms with Crippen molar-refractivity contribution in [3.05, 3.63) is 12.7 Å². The first kappa shape index (κ1) is 6.41. The van der Waals surface area contributed by atoms with E-state index in [4.69, 9.17) is 0 Å². The highest BCUT2D eigenvalue weighted by Gasteiger charge is 2.44. The SMILES string of the molecule is C=CC1CCNC2(CC2)C1. The van der Waals surface area contributed by atoms with Gasteiger partial charge in [0.2, 0.25) is 0 Å². The fourth-order valence-corrected chi connectivity index (χ4v) is 1.93. The van der Waals surface area contributed by atoms with Crippen molar-refractivity contribution in [3.8, 4) is 0 Å². The van der Waals surface area contributed by atoms with E-state index in [0.29, 0.717) is 5.54 Å². The summed E-state index contributed by atoms with van der Waals surface area (Å²) in [6.07, 6.45) is 7.57. The average molecular weight is 137 g/mol. The largest absolute Gasteiger partial charge is 0.311 e. The predicted octanol–water partition coefficient (Wildman–Crippen LogP) is 1.70. The molecule has 0 aromatic carbocycles. The van der Waals surface area contributed by atoms with Crippen LogP contribution in [0.5, 0.6) is 0 Å². The highest BCUT2D eigenvalue weighted by atomic mass is 15.0. The van der Waals surface area contributed by atoms with Crippen LogP contribution in [0.25, 0.3) is 0 Å². The normalized spacial score (nSPS) is 35.8. The Morgan fingerprint density at radius 2 is 2.30 bits per heavy atom. The second kappa shape index (κ2) is 2.09. The third kappa shape index (κ3) is 0.988. The van der Waals surface area contributed by atoms with Gasteiger partial charge in [-0.2, -0.15) is 0 Å². The van der Waals surface area contributed by atoms with Gasteiger partial charge in [-0.1, -0.05) is 6.08 Å². The van der Waals surface area contributed by atoms with Gasteiger partial charge in [-0.05, 0) is 38.1 Å². The van der Waals surface area contributed by atoms with Crippen molar-refractivity contribution in [1.29, 1.82) is 0 Å². The Kier molecular flexibility index (Phi) is 1.34. The van der Waals surface area contributed by atoms with Crippen molar-refractivity contribution < 1.29 is 0 Å². The molecule has 2 aliphatic rings. The minimum absolute atomic E-state index is 0.580. The molecule has 56 valence electrons. The molecule has 0 bridgehead atoms. The Labute approximate surface area is 62.5 Å². The molecule has 1 aliphatic carbocycles. The van der Waals surface area contributed by atoms with Gasteiger partial charge in [0.1, 0.15) is 0 Å². The fraction of sp³-hybridized carbons (Fsp3) is 0.778. The number of piperidine rings is 1. The molecule has 1 unspecified atom stereocenters. The van der Waals surface area contributed by atoms with Gasteiger partial charge in [-0.15, -0.1) is 6.58 Å². The molecule has 2 fully saturated rings. The zero-order valence-electron chi connectivity index (χ0n) is 6.40. The van der Waals surface area contributed by atoms with Gasteiger partial charge in [0.25, 0.3) is 0 Å². The second-order valence-corrected chi connectivity index (χ2v) is 3.70. The smallest absolute Gasteiger partial charge is 0.0188 e. The summed E-state index contributed by atoms with van der Waals surface area (Å²) in [5, 5.41) is 3.59. The molecule has 1 heterocycles. The summed E-state index contributed by atoms with van der Waals surface area (Å²) in [5.74, 6) is 0.795. The molecular weight excluding hydrogens is 122 g/mol. The van der Waals surface area contributed by atoms with Crippen LogP contribution in [0.4, 0.5) is 0 Å². The van der Waals surface area contributed by atoms with E-state index in [0.717, 1.165) is 5.92 Å². The summed E-state index contributed by atoms with van der Waals surface area (Å²) in [6.45, 7) is 5.05. The molecule has 1 saturated heterocycles. The molecule has 0 aromatic heterocycles. The Morgan fingerprint density at radius 3 is 2.90 bits per heavy atom. The molecule has 0 radical (unpaired) electrons. The summed E-state index contributed by atoms with van der Waals surface area (Å²) in [7, 11) is 0. The second-order valence-electron chi connectivity index (χ2n) is 3.70. The Bertz CT molecular complexity index is 147. The van der Waals surface area contributed by atoms with Crippen LogP contribution in [0.1, 0.15) is 25.7 Å². The van der Waals surface area contributed by atoms with E-state index in [1.807, 2.05) is 0 Å². The average Bonchev–Trinajstić information content (AvgIpc) is 2.70. The lowest BCUT2D eigenvalue weighted by atomic mass is 9.91. The van der Waals surface area contributed by atoms with Crippen LogP contribution in [0.3, 0.4) is 0 Å². The fourth-order valence-electron chi connectivity index (χ4n) is 1.93. The third-order valence-corrected chi connectivity index (χ3v) is 2.85. The van der Waals surface area contributed by atoms with Gasteiger partial charge < -0.3 is 5.32 Å². The van der Waals surface area contributed by atoms with Crippen molar-refractivity contribution in [1.82, 2.24) is 5.32 Å². The molecule has 1 saturated carbocycles. The monoisotopic (exact) mass is 137 g/mol. The van der Waals surface area contributed by atoms with E-state index in [1.165, 1.54) is 32.2 Å². The highest BCUT2D eigenvalue weighted by molar-refractivity contribution is 5.07. The first-order valence-electron chi connectivity index (χ1n) is 4.22. The summed E-state index contributed by atoms with van der Waals surface area (Å²) >= 11 is 0.